The van der Waals surface area contributed by atoms with E-state index in [1.54, 1.807) is 0 Å². The van der Waals surface area contributed by atoms with Crippen LogP contribution in [0.3, 0.4) is 0 Å². The summed E-state index contributed by atoms with van der Waals surface area (Å²) in [4.78, 5) is 15.4. The van der Waals surface area contributed by atoms with E-state index in [1.165, 1.54) is 5.39 Å². The van der Waals surface area contributed by atoms with Crippen LogP contribution < -0.4 is 0 Å². The first-order valence-electron chi connectivity index (χ1n) is 17.4. The fourth-order valence-corrected chi connectivity index (χ4v) is 7.67. The molecular weight excluding hydrogens is 639 g/mol. The van der Waals surface area contributed by atoms with Crippen molar-refractivity contribution in [3.63, 3.8) is 0 Å². The Morgan fingerprint density at radius 2 is 0.923 bits per heavy atom. The maximum Gasteiger partial charge on any atom is 0.164 e. The lowest BCUT2D eigenvalue weighted by Gasteiger charge is -2.12. The van der Waals surface area contributed by atoms with Gasteiger partial charge in [0.05, 0.1) is 0 Å². The van der Waals surface area contributed by atoms with E-state index in [1.807, 2.05) is 54.6 Å². The summed E-state index contributed by atoms with van der Waals surface area (Å²) in [5.74, 6) is 1.81. The molecule has 0 saturated heterocycles. The summed E-state index contributed by atoms with van der Waals surface area (Å²) < 4.78 is 13.3. The first-order valence-corrected chi connectivity index (χ1v) is 17.4. The van der Waals surface area contributed by atoms with Crippen molar-refractivity contribution in [3.8, 4) is 45.3 Å². The molecule has 0 radical (unpaired) electrons. The predicted molar refractivity (Wildman–Crippen MR) is 211 cm³/mol. The number of hydrogen-bond acceptors (Lipinski definition) is 5. The maximum atomic E-state index is 6.81. The minimum atomic E-state index is 0.584. The SMILES string of the molecule is c1ccc(-c2nc(-c3ccc4ccccc4c3)nc(-c3ccc(-c4cc5c6ccccc6oc5c5ccccc45)c4oc5ccccc5c34)n2)cc1. The zero-order chi connectivity index (χ0) is 34.2. The fourth-order valence-electron chi connectivity index (χ4n) is 7.67. The minimum absolute atomic E-state index is 0.584. The first kappa shape index (κ1) is 28.7. The van der Waals surface area contributed by atoms with Gasteiger partial charge in [-0.3, -0.25) is 0 Å². The van der Waals surface area contributed by atoms with Crippen molar-refractivity contribution in [1.29, 1.82) is 0 Å². The third-order valence-corrected chi connectivity index (χ3v) is 10.1. The molecule has 0 fully saturated rings. The van der Waals surface area contributed by atoms with Gasteiger partial charge in [-0.05, 0) is 58.1 Å². The Balaban J connectivity index is 1.20. The van der Waals surface area contributed by atoms with Crippen molar-refractivity contribution in [2.45, 2.75) is 0 Å². The highest BCUT2D eigenvalue weighted by Crippen LogP contribution is 2.45. The molecular formula is C47H27N3O2. The largest absolute Gasteiger partial charge is 0.455 e. The smallest absolute Gasteiger partial charge is 0.164 e. The molecule has 0 amide bonds. The lowest BCUT2D eigenvalue weighted by atomic mass is 9.92. The van der Waals surface area contributed by atoms with Crippen LogP contribution in [0.15, 0.2) is 173 Å². The molecule has 242 valence electrons. The summed E-state index contributed by atoms with van der Waals surface area (Å²) in [6, 6.07) is 56.2. The molecule has 52 heavy (non-hydrogen) atoms. The average Bonchev–Trinajstić information content (AvgIpc) is 3.80. The van der Waals surface area contributed by atoms with E-state index in [4.69, 9.17) is 23.8 Å². The van der Waals surface area contributed by atoms with Gasteiger partial charge in [-0.15, -0.1) is 0 Å². The van der Waals surface area contributed by atoms with Gasteiger partial charge in [-0.25, -0.2) is 15.0 Å². The first-order chi connectivity index (χ1) is 25.8. The minimum Gasteiger partial charge on any atom is -0.455 e. The zero-order valence-corrected chi connectivity index (χ0v) is 27.7. The van der Waals surface area contributed by atoms with E-state index in [-0.39, 0.29) is 0 Å². The number of hydrogen-bond donors (Lipinski definition) is 0. The zero-order valence-electron chi connectivity index (χ0n) is 27.7. The number of furan rings is 2. The van der Waals surface area contributed by atoms with Gasteiger partial charge in [0.1, 0.15) is 22.3 Å². The van der Waals surface area contributed by atoms with E-state index in [9.17, 15) is 0 Å². The molecule has 0 N–H and O–H groups in total. The van der Waals surface area contributed by atoms with Gasteiger partial charge in [0.15, 0.2) is 17.5 Å². The van der Waals surface area contributed by atoms with Crippen LogP contribution in [-0.4, -0.2) is 15.0 Å². The quantitative estimate of drug-likeness (QED) is 0.187. The molecule has 0 saturated carbocycles. The van der Waals surface area contributed by atoms with Crippen molar-refractivity contribution < 1.29 is 8.83 Å². The molecule has 3 heterocycles. The topological polar surface area (TPSA) is 65.0 Å². The third-order valence-electron chi connectivity index (χ3n) is 10.1. The van der Waals surface area contributed by atoms with E-state index in [0.29, 0.717) is 17.5 Å². The number of rotatable bonds is 4. The molecule has 3 aromatic heterocycles. The van der Waals surface area contributed by atoms with Crippen LogP contribution in [0.1, 0.15) is 0 Å². The summed E-state index contributed by atoms with van der Waals surface area (Å²) in [7, 11) is 0. The van der Waals surface area contributed by atoms with Crippen molar-refractivity contribution >= 4 is 65.4 Å². The van der Waals surface area contributed by atoms with Crippen LogP contribution in [0.25, 0.3) is 111 Å². The maximum absolute atomic E-state index is 6.81. The lowest BCUT2D eigenvalue weighted by molar-refractivity contribution is 0.670. The molecule has 0 spiro atoms. The summed E-state index contributed by atoms with van der Waals surface area (Å²) in [6.45, 7) is 0. The van der Waals surface area contributed by atoms with E-state index in [2.05, 4.69) is 109 Å². The molecule has 5 heteroatoms. The second-order valence-corrected chi connectivity index (χ2v) is 13.1. The van der Waals surface area contributed by atoms with E-state index in [0.717, 1.165) is 87.9 Å². The highest BCUT2D eigenvalue weighted by Gasteiger charge is 2.23. The Hall–Kier alpha value is -7.11. The van der Waals surface area contributed by atoms with Gasteiger partial charge >= 0.3 is 0 Å². The predicted octanol–water partition coefficient (Wildman–Crippen LogP) is 12.6. The van der Waals surface area contributed by atoms with Crippen molar-refractivity contribution in [2.24, 2.45) is 0 Å². The number of nitrogens with zero attached hydrogens (tertiary/aromatic N) is 3. The molecule has 0 aliphatic carbocycles. The van der Waals surface area contributed by atoms with Crippen LogP contribution in [0.4, 0.5) is 0 Å². The molecule has 11 rings (SSSR count). The number of benzene rings is 8. The molecule has 5 nitrogen and oxygen atoms in total. The van der Waals surface area contributed by atoms with E-state index < -0.39 is 0 Å². The Morgan fingerprint density at radius 3 is 1.75 bits per heavy atom. The monoisotopic (exact) mass is 665 g/mol. The normalized spacial score (nSPS) is 11.8. The Bertz CT molecular complexity index is 3190. The number of fused-ring (bicyclic) bond motifs is 9. The molecule has 0 unspecified atom stereocenters. The summed E-state index contributed by atoms with van der Waals surface area (Å²) >= 11 is 0. The third kappa shape index (κ3) is 4.39. The van der Waals surface area contributed by atoms with Crippen LogP contribution in [0, 0.1) is 0 Å². The van der Waals surface area contributed by atoms with Crippen molar-refractivity contribution in [3.05, 3.63) is 164 Å². The summed E-state index contributed by atoms with van der Waals surface area (Å²) in [5, 5.41) is 8.57. The standard InChI is InChI=1S/C47H27N3O2/c1-2-13-29(14-3-1)45-48-46(31-23-22-28-12-4-5-15-30(28)26-31)50-47(49-45)37-25-24-35(44-42(37)36-19-9-11-21-41(36)52-44)38-27-39-33-17-8-10-20-40(33)51-43(39)34-18-7-6-16-32(34)38/h1-27H. The van der Waals surface area contributed by atoms with Gasteiger partial charge in [0.25, 0.3) is 0 Å². The van der Waals surface area contributed by atoms with Gasteiger partial charge < -0.3 is 8.83 Å². The Morgan fingerprint density at radius 1 is 0.327 bits per heavy atom. The number of para-hydroxylation sites is 2. The highest BCUT2D eigenvalue weighted by atomic mass is 16.3. The molecule has 0 aliphatic heterocycles. The van der Waals surface area contributed by atoms with Gasteiger partial charge in [-0.1, -0.05) is 127 Å². The van der Waals surface area contributed by atoms with Gasteiger partial charge in [-0.2, -0.15) is 0 Å². The van der Waals surface area contributed by atoms with Crippen LogP contribution in [0.2, 0.25) is 0 Å². The second kappa shape index (κ2) is 11.2. The lowest BCUT2D eigenvalue weighted by Crippen LogP contribution is -2.00. The number of aromatic nitrogens is 3. The fraction of sp³-hybridized carbons (Fsp3) is 0. The summed E-state index contributed by atoms with van der Waals surface area (Å²) in [5.41, 5.74) is 8.13. The molecule has 0 atom stereocenters. The van der Waals surface area contributed by atoms with Gasteiger partial charge in [0, 0.05) is 49.2 Å². The van der Waals surface area contributed by atoms with E-state index >= 15 is 0 Å². The summed E-state index contributed by atoms with van der Waals surface area (Å²) in [6.07, 6.45) is 0. The Labute approximate surface area is 297 Å². The van der Waals surface area contributed by atoms with Gasteiger partial charge in [0.2, 0.25) is 0 Å². The molecule has 0 bridgehead atoms. The van der Waals surface area contributed by atoms with Crippen LogP contribution >= 0.6 is 0 Å². The molecule has 11 aromatic rings. The van der Waals surface area contributed by atoms with Crippen LogP contribution in [0.5, 0.6) is 0 Å². The second-order valence-electron chi connectivity index (χ2n) is 13.1. The Kier molecular flexibility index (Phi) is 6.18. The molecule has 8 aromatic carbocycles. The van der Waals surface area contributed by atoms with Crippen molar-refractivity contribution in [1.82, 2.24) is 15.0 Å². The van der Waals surface area contributed by atoms with Crippen LogP contribution in [-0.2, 0) is 0 Å². The average molecular weight is 666 g/mol. The van der Waals surface area contributed by atoms with Crippen molar-refractivity contribution in [2.75, 3.05) is 0 Å². The highest BCUT2D eigenvalue weighted by molar-refractivity contribution is 6.22. The molecule has 0 aliphatic rings.